The summed E-state index contributed by atoms with van der Waals surface area (Å²) in [4.78, 5) is 12.5. The van der Waals surface area contributed by atoms with Crippen LogP contribution in [0.4, 0.5) is 5.82 Å². The first-order chi connectivity index (χ1) is 13.6. The highest BCUT2D eigenvalue weighted by molar-refractivity contribution is 7.98. The molecule has 0 aliphatic carbocycles. The molecule has 0 bridgehead atoms. The van der Waals surface area contributed by atoms with E-state index in [4.69, 9.17) is 4.74 Å². The van der Waals surface area contributed by atoms with Crippen molar-refractivity contribution in [3.8, 4) is 5.75 Å². The lowest BCUT2D eigenvalue weighted by molar-refractivity contribution is -0.0311. The largest absolute Gasteiger partial charge is 0.483 e. The van der Waals surface area contributed by atoms with Crippen molar-refractivity contribution in [3.05, 3.63) is 36.4 Å². The zero-order valence-corrected chi connectivity index (χ0v) is 16.8. The Morgan fingerprint density at radius 1 is 1.25 bits per heavy atom. The first kappa shape index (κ1) is 17.8. The summed E-state index contributed by atoms with van der Waals surface area (Å²) in [5.74, 6) is 1.70. The fourth-order valence-electron chi connectivity index (χ4n) is 4.35. The summed E-state index contributed by atoms with van der Waals surface area (Å²) >= 11 is 1.72. The van der Waals surface area contributed by atoms with E-state index in [0.29, 0.717) is 17.9 Å². The van der Waals surface area contributed by atoms with Crippen molar-refractivity contribution < 1.29 is 9.84 Å². The standard InChI is InChI=1S/C20H23N5O2S/c1-24-11-17-18(23-24)16(26)10-20(27-17)5-7-25(8-6-20)19-14-9-13(28-2)3-4-15(14)21-12-22-19/h3-4,9,11-12,16,26H,5-8,10H2,1-2H3. The summed E-state index contributed by atoms with van der Waals surface area (Å²) in [6.07, 6.45) is 7.27. The van der Waals surface area contributed by atoms with Crippen LogP contribution in [0, 0.1) is 0 Å². The summed E-state index contributed by atoms with van der Waals surface area (Å²) in [6.45, 7) is 1.66. The van der Waals surface area contributed by atoms with Gasteiger partial charge in [-0.3, -0.25) is 4.68 Å². The number of fused-ring (bicyclic) bond motifs is 2. The third-order valence-electron chi connectivity index (χ3n) is 5.83. The van der Waals surface area contributed by atoms with Gasteiger partial charge < -0.3 is 14.7 Å². The molecule has 2 aliphatic heterocycles. The minimum Gasteiger partial charge on any atom is -0.483 e. The van der Waals surface area contributed by atoms with Crippen molar-refractivity contribution in [1.29, 1.82) is 0 Å². The van der Waals surface area contributed by atoms with Crippen molar-refractivity contribution in [3.63, 3.8) is 0 Å². The van der Waals surface area contributed by atoms with Gasteiger partial charge in [0.1, 0.15) is 29.5 Å². The number of thioether (sulfide) groups is 1. The van der Waals surface area contributed by atoms with E-state index >= 15 is 0 Å². The second-order valence-corrected chi connectivity index (χ2v) is 8.50. The van der Waals surface area contributed by atoms with Crippen molar-refractivity contribution in [2.45, 2.75) is 35.9 Å². The Morgan fingerprint density at radius 3 is 2.86 bits per heavy atom. The van der Waals surface area contributed by atoms with E-state index in [2.05, 4.69) is 44.4 Å². The number of aliphatic hydroxyl groups is 1. The van der Waals surface area contributed by atoms with Gasteiger partial charge in [0, 0.05) is 49.7 Å². The highest BCUT2D eigenvalue weighted by Crippen LogP contribution is 2.44. The lowest BCUT2D eigenvalue weighted by atomic mass is 9.83. The first-order valence-corrected chi connectivity index (χ1v) is 10.7. The molecule has 146 valence electrons. The number of ether oxygens (including phenoxy) is 1. The zero-order valence-electron chi connectivity index (χ0n) is 16.0. The molecule has 7 nitrogen and oxygen atoms in total. The Morgan fingerprint density at radius 2 is 2.07 bits per heavy atom. The summed E-state index contributed by atoms with van der Waals surface area (Å²) in [7, 11) is 1.85. The molecule has 1 aromatic carbocycles. The number of rotatable bonds is 2. The molecule has 1 unspecified atom stereocenters. The lowest BCUT2D eigenvalue weighted by Gasteiger charge is -2.45. The summed E-state index contributed by atoms with van der Waals surface area (Å²) in [5, 5.41) is 16.0. The number of hydrogen-bond acceptors (Lipinski definition) is 7. The predicted molar refractivity (Wildman–Crippen MR) is 109 cm³/mol. The molecule has 8 heteroatoms. The predicted octanol–water partition coefficient (Wildman–Crippen LogP) is 2.94. The van der Waals surface area contributed by atoms with Gasteiger partial charge in [-0.05, 0) is 24.5 Å². The van der Waals surface area contributed by atoms with Crippen LogP contribution in [0.1, 0.15) is 31.1 Å². The number of aliphatic hydroxyl groups excluding tert-OH is 1. The molecule has 2 aliphatic rings. The Hall–Kier alpha value is -2.32. The van der Waals surface area contributed by atoms with E-state index < -0.39 is 6.10 Å². The topological polar surface area (TPSA) is 76.3 Å². The van der Waals surface area contributed by atoms with Crippen molar-refractivity contribution in [2.24, 2.45) is 7.05 Å². The first-order valence-electron chi connectivity index (χ1n) is 9.51. The maximum atomic E-state index is 10.6. The molecule has 1 N–H and O–H groups in total. The van der Waals surface area contributed by atoms with Gasteiger partial charge in [0.2, 0.25) is 0 Å². The van der Waals surface area contributed by atoms with E-state index in [9.17, 15) is 5.11 Å². The van der Waals surface area contributed by atoms with Gasteiger partial charge in [0.15, 0.2) is 5.75 Å². The second-order valence-electron chi connectivity index (χ2n) is 7.62. The van der Waals surface area contributed by atoms with Crippen LogP contribution in [-0.4, -0.2) is 49.8 Å². The van der Waals surface area contributed by atoms with E-state index in [0.717, 1.165) is 42.7 Å². The van der Waals surface area contributed by atoms with Gasteiger partial charge >= 0.3 is 0 Å². The Kier molecular flexibility index (Phi) is 4.21. The number of nitrogens with zero attached hydrogens (tertiary/aromatic N) is 5. The molecular formula is C20H23N5O2S. The minimum absolute atomic E-state index is 0.334. The molecule has 3 aromatic rings. The maximum Gasteiger partial charge on any atom is 0.163 e. The molecule has 1 atom stereocenters. The molecule has 0 amide bonds. The number of aromatic nitrogens is 4. The highest BCUT2D eigenvalue weighted by atomic mass is 32.2. The second kappa shape index (κ2) is 6.63. The number of aryl methyl sites for hydroxylation is 1. The molecule has 28 heavy (non-hydrogen) atoms. The van der Waals surface area contributed by atoms with Crippen molar-refractivity contribution >= 4 is 28.5 Å². The quantitative estimate of drug-likeness (QED) is 0.666. The molecule has 5 rings (SSSR count). The monoisotopic (exact) mass is 397 g/mol. The van der Waals surface area contributed by atoms with Gasteiger partial charge in [-0.25, -0.2) is 9.97 Å². The molecule has 0 radical (unpaired) electrons. The fraction of sp³-hybridized carbons (Fsp3) is 0.450. The number of hydrogen-bond donors (Lipinski definition) is 1. The van der Waals surface area contributed by atoms with Crippen LogP contribution in [0.2, 0.25) is 0 Å². The SMILES string of the molecule is CSc1ccc2ncnc(N3CCC4(CC3)CC(O)c3nn(C)cc3O4)c2c1. The maximum absolute atomic E-state index is 10.6. The molecular weight excluding hydrogens is 374 g/mol. The van der Waals surface area contributed by atoms with Gasteiger partial charge in [-0.2, -0.15) is 5.10 Å². The van der Waals surface area contributed by atoms with Gasteiger partial charge in [-0.15, -0.1) is 11.8 Å². The van der Waals surface area contributed by atoms with E-state index in [1.165, 1.54) is 4.90 Å². The van der Waals surface area contributed by atoms with Crippen molar-refractivity contribution in [2.75, 3.05) is 24.2 Å². The molecule has 4 heterocycles. The van der Waals surface area contributed by atoms with Crippen LogP contribution in [0.15, 0.2) is 35.6 Å². The lowest BCUT2D eigenvalue weighted by Crippen LogP contribution is -2.50. The highest BCUT2D eigenvalue weighted by Gasteiger charge is 2.44. The van der Waals surface area contributed by atoms with Crippen molar-refractivity contribution in [1.82, 2.24) is 19.7 Å². The van der Waals surface area contributed by atoms with Crippen LogP contribution in [0.5, 0.6) is 5.75 Å². The number of benzene rings is 1. The molecule has 1 saturated heterocycles. The number of anilines is 1. The summed E-state index contributed by atoms with van der Waals surface area (Å²) in [5.41, 5.74) is 1.29. The third kappa shape index (κ3) is 2.91. The van der Waals surface area contributed by atoms with E-state index in [1.807, 2.05) is 13.2 Å². The molecule has 1 spiro atoms. The minimum atomic E-state index is -0.569. The Labute approximate surface area is 167 Å². The van der Waals surface area contributed by atoms with Gasteiger partial charge in [0.25, 0.3) is 0 Å². The smallest absolute Gasteiger partial charge is 0.163 e. The number of piperidine rings is 1. The molecule has 0 saturated carbocycles. The van der Waals surface area contributed by atoms with Crippen LogP contribution >= 0.6 is 11.8 Å². The average molecular weight is 398 g/mol. The van der Waals surface area contributed by atoms with Gasteiger partial charge in [0.05, 0.1) is 11.7 Å². The Balaban J connectivity index is 1.40. The Bertz CT molecular complexity index is 1030. The molecule has 1 fully saturated rings. The molecule has 2 aromatic heterocycles. The van der Waals surface area contributed by atoms with Crippen LogP contribution in [0.25, 0.3) is 10.9 Å². The summed E-state index contributed by atoms with van der Waals surface area (Å²) in [6, 6.07) is 6.32. The van der Waals surface area contributed by atoms with Crippen LogP contribution in [-0.2, 0) is 7.05 Å². The van der Waals surface area contributed by atoms with Crippen LogP contribution in [0.3, 0.4) is 0 Å². The zero-order chi connectivity index (χ0) is 19.3. The summed E-state index contributed by atoms with van der Waals surface area (Å²) < 4.78 is 8.06. The average Bonchev–Trinajstić information content (AvgIpc) is 3.08. The van der Waals surface area contributed by atoms with Crippen LogP contribution < -0.4 is 9.64 Å². The van der Waals surface area contributed by atoms with E-state index in [-0.39, 0.29) is 5.60 Å². The fourth-order valence-corrected chi connectivity index (χ4v) is 4.79. The van der Waals surface area contributed by atoms with E-state index in [1.54, 1.807) is 22.8 Å². The normalized spacial score (nSPS) is 21.0. The third-order valence-corrected chi connectivity index (χ3v) is 6.55. The van der Waals surface area contributed by atoms with Gasteiger partial charge in [-0.1, -0.05) is 0 Å².